The standard InChI is InChI=1S/C12H17BrFN3O2S/c13-11-9-10(14)1-2-12(11)20(18,19)16-5-8-17-6-3-15-4-7-17/h1-2,9,15-16H,3-8H2. The van der Waals surface area contributed by atoms with E-state index in [9.17, 15) is 12.8 Å². The van der Waals surface area contributed by atoms with E-state index in [-0.39, 0.29) is 9.37 Å². The fourth-order valence-electron chi connectivity index (χ4n) is 2.04. The molecule has 1 aromatic rings. The highest BCUT2D eigenvalue weighted by molar-refractivity contribution is 9.10. The minimum Gasteiger partial charge on any atom is -0.314 e. The van der Waals surface area contributed by atoms with E-state index >= 15 is 0 Å². The molecule has 0 aromatic heterocycles. The van der Waals surface area contributed by atoms with Crippen molar-refractivity contribution in [2.24, 2.45) is 0 Å². The quantitative estimate of drug-likeness (QED) is 0.808. The van der Waals surface area contributed by atoms with Crippen LogP contribution in [0.4, 0.5) is 4.39 Å². The number of halogens is 2. The van der Waals surface area contributed by atoms with Crippen molar-refractivity contribution in [3.8, 4) is 0 Å². The van der Waals surface area contributed by atoms with E-state index in [0.717, 1.165) is 38.3 Å². The Hall–Kier alpha value is -0.540. The Bertz CT molecular complexity index is 562. The zero-order chi connectivity index (χ0) is 14.6. The molecule has 0 saturated carbocycles. The number of hydrogen-bond acceptors (Lipinski definition) is 4. The molecule has 5 nitrogen and oxygen atoms in total. The van der Waals surface area contributed by atoms with Crippen molar-refractivity contribution < 1.29 is 12.8 Å². The fourth-order valence-corrected chi connectivity index (χ4v) is 4.11. The van der Waals surface area contributed by atoms with Crippen LogP contribution in [0.25, 0.3) is 0 Å². The summed E-state index contributed by atoms with van der Waals surface area (Å²) in [6, 6.07) is 3.53. The minimum atomic E-state index is -3.61. The molecule has 1 heterocycles. The molecule has 0 unspecified atom stereocenters. The van der Waals surface area contributed by atoms with E-state index in [0.29, 0.717) is 13.1 Å². The molecular weight excluding hydrogens is 349 g/mol. The predicted octanol–water partition coefficient (Wildman–Crippen LogP) is 0.772. The van der Waals surface area contributed by atoms with Crippen molar-refractivity contribution in [3.63, 3.8) is 0 Å². The summed E-state index contributed by atoms with van der Waals surface area (Å²) in [5, 5.41) is 3.24. The molecule has 2 N–H and O–H groups in total. The Morgan fingerprint density at radius 3 is 2.70 bits per heavy atom. The van der Waals surface area contributed by atoms with E-state index < -0.39 is 15.8 Å². The van der Waals surface area contributed by atoms with Crippen molar-refractivity contribution >= 4 is 26.0 Å². The molecule has 0 radical (unpaired) electrons. The van der Waals surface area contributed by atoms with Gasteiger partial charge in [-0.2, -0.15) is 0 Å². The van der Waals surface area contributed by atoms with E-state index in [2.05, 4.69) is 30.9 Å². The third kappa shape index (κ3) is 4.23. The second-order valence-corrected chi connectivity index (χ2v) is 7.15. The minimum absolute atomic E-state index is 0.0548. The lowest BCUT2D eigenvalue weighted by Crippen LogP contribution is -2.46. The molecular formula is C12H17BrFN3O2S. The van der Waals surface area contributed by atoms with Crippen LogP contribution in [0.5, 0.6) is 0 Å². The summed E-state index contributed by atoms with van der Waals surface area (Å²) < 4.78 is 40.0. The first-order chi connectivity index (χ1) is 9.49. The Morgan fingerprint density at radius 2 is 2.05 bits per heavy atom. The topological polar surface area (TPSA) is 61.4 Å². The second kappa shape index (κ2) is 6.95. The Kier molecular flexibility index (Phi) is 5.50. The van der Waals surface area contributed by atoms with Gasteiger partial charge in [-0.3, -0.25) is 4.90 Å². The monoisotopic (exact) mass is 365 g/mol. The van der Waals surface area contributed by atoms with Gasteiger partial charge in [-0.15, -0.1) is 0 Å². The SMILES string of the molecule is O=S(=O)(NCCN1CCNCC1)c1ccc(F)cc1Br. The summed E-state index contributed by atoms with van der Waals surface area (Å²) >= 11 is 3.07. The van der Waals surface area contributed by atoms with Gasteiger partial charge in [-0.1, -0.05) is 0 Å². The van der Waals surface area contributed by atoms with Crippen LogP contribution in [0.15, 0.2) is 27.6 Å². The summed E-state index contributed by atoms with van der Waals surface area (Å²) in [4.78, 5) is 2.25. The fraction of sp³-hybridized carbons (Fsp3) is 0.500. The number of hydrogen-bond donors (Lipinski definition) is 2. The van der Waals surface area contributed by atoms with Crippen LogP contribution in [0.3, 0.4) is 0 Å². The third-order valence-corrected chi connectivity index (χ3v) is 5.55. The summed E-state index contributed by atoms with van der Waals surface area (Å²) in [5.74, 6) is -0.475. The molecule has 0 amide bonds. The summed E-state index contributed by atoms with van der Waals surface area (Å²) in [5.41, 5.74) is 0. The highest BCUT2D eigenvalue weighted by Crippen LogP contribution is 2.22. The first-order valence-corrected chi connectivity index (χ1v) is 8.64. The van der Waals surface area contributed by atoms with Crippen molar-refractivity contribution in [1.82, 2.24) is 14.9 Å². The van der Waals surface area contributed by atoms with Gasteiger partial charge < -0.3 is 5.32 Å². The van der Waals surface area contributed by atoms with Crippen LogP contribution in [0.2, 0.25) is 0 Å². The van der Waals surface area contributed by atoms with E-state index in [1.807, 2.05) is 0 Å². The molecule has 0 aliphatic carbocycles. The van der Waals surface area contributed by atoms with Gasteiger partial charge in [0.05, 0.1) is 4.90 Å². The summed E-state index contributed by atoms with van der Waals surface area (Å²) in [7, 11) is -3.61. The molecule has 1 fully saturated rings. The van der Waals surface area contributed by atoms with Crippen LogP contribution in [-0.4, -0.2) is 52.6 Å². The number of nitrogens with one attached hydrogen (secondary N) is 2. The third-order valence-electron chi connectivity index (χ3n) is 3.11. The van der Waals surface area contributed by atoms with Crippen LogP contribution in [-0.2, 0) is 10.0 Å². The van der Waals surface area contributed by atoms with Crippen molar-refractivity contribution in [2.75, 3.05) is 39.3 Å². The first-order valence-electron chi connectivity index (χ1n) is 6.37. The lowest BCUT2D eigenvalue weighted by Gasteiger charge is -2.27. The zero-order valence-electron chi connectivity index (χ0n) is 10.9. The molecule has 0 atom stereocenters. The maximum atomic E-state index is 13.0. The molecule has 1 aliphatic heterocycles. The molecule has 1 aliphatic rings. The maximum absolute atomic E-state index is 13.0. The van der Waals surface area contributed by atoms with Crippen molar-refractivity contribution in [3.05, 3.63) is 28.5 Å². The average molecular weight is 366 g/mol. The van der Waals surface area contributed by atoms with Crippen LogP contribution in [0, 0.1) is 5.82 Å². The molecule has 8 heteroatoms. The van der Waals surface area contributed by atoms with Gasteiger partial charge in [-0.05, 0) is 34.1 Å². The molecule has 1 saturated heterocycles. The molecule has 0 spiro atoms. The lowest BCUT2D eigenvalue weighted by atomic mass is 10.3. The van der Waals surface area contributed by atoms with Gasteiger partial charge in [0.25, 0.3) is 0 Å². The van der Waals surface area contributed by atoms with Crippen molar-refractivity contribution in [1.29, 1.82) is 0 Å². The first kappa shape index (κ1) is 15.8. The van der Waals surface area contributed by atoms with Gasteiger partial charge in [0, 0.05) is 43.7 Å². The van der Waals surface area contributed by atoms with Gasteiger partial charge in [-0.25, -0.2) is 17.5 Å². The Labute approximate surface area is 126 Å². The van der Waals surface area contributed by atoms with Gasteiger partial charge in [0.15, 0.2) is 0 Å². The molecule has 2 rings (SSSR count). The van der Waals surface area contributed by atoms with Gasteiger partial charge in [0.1, 0.15) is 5.82 Å². The maximum Gasteiger partial charge on any atom is 0.241 e. The summed E-state index contributed by atoms with van der Waals surface area (Å²) in [6.45, 7) is 4.70. The van der Waals surface area contributed by atoms with Crippen LogP contribution in [0.1, 0.15) is 0 Å². The van der Waals surface area contributed by atoms with Gasteiger partial charge >= 0.3 is 0 Å². The van der Waals surface area contributed by atoms with E-state index in [1.165, 1.54) is 6.07 Å². The molecule has 112 valence electrons. The van der Waals surface area contributed by atoms with E-state index in [4.69, 9.17) is 0 Å². The highest BCUT2D eigenvalue weighted by Gasteiger charge is 2.18. The Morgan fingerprint density at radius 1 is 1.35 bits per heavy atom. The highest BCUT2D eigenvalue weighted by atomic mass is 79.9. The largest absolute Gasteiger partial charge is 0.314 e. The average Bonchev–Trinajstić information content (AvgIpc) is 2.39. The molecule has 1 aromatic carbocycles. The van der Waals surface area contributed by atoms with E-state index in [1.54, 1.807) is 0 Å². The number of rotatable bonds is 5. The van der Waals surface area contributed by atoms with Crippen molar-refractivity contribution in [2.45, 2.75) is 4.90 Å². The molecule has 0 bridgehead atoms. The number of nitrogens with zero attached hydrogens (tertiary/aromatic N) is 1. The zero-order valence-corrected chi connectivity index (χ0v) is 13.3. The predicted molar refractivity (Wildman–Crippen MR) is 78.6 cm³/mol. The summed E-state index contributed by atoms with van der Waals surface area (Å²) in [6.07, 6.45) is 0. The van der Waals surface area contributed by atoms with Crippen LogP contribution >= 0.6 is 15.9 Å². The smallest absolute Gasteiger partial charge is 0.241 e. The van der Waals surface area contributed by atoms with Crippen LogP contribution < -0.4 is 10.0 Å². The number of sulfonamides is 1. The van der Waals surface area contributed by atoms with Gasteiger partial charge in [0.2, 0.25) is 10.0 Å². The second-order valence-electron chi connectivity index (χ2n) is 4.56. The normalized spacial score (nSPS) is 17.3. The number of benzene rings is 1. The number of piperazine rings is 1. The lowest BCUT2D eigenvalue weighted by molar-refractivity contribution is 0.245. The Balaban J connectivity index is 1.93. The molecule has 20 heavy (non-hydrogen) atoms.